The smallest absolute Gasteiger partial charge is 0.213 e. The number of anilines is 1. The number of nitrogens with zero attached hydrogens (tertiary/aromatic N) is 4. The van der Waals surface area contributed by atoms with Crippen molar-refractivity contribution in [2.45, 2.75) is 19.9 Å². The first-order valence-corrected chi connectivity index (χ1v) is 11.1. The van der Waals surface area contributed by atoms with E-state index >= 15 is 0 Å². The van der Waals surface area contributed by atoms with Gasteiger partial charge in [0.25, 0.3) is 0 Å². The normalized spacial score (nSPS) is 12.6. The minimum atomic E-state index is -0.255. The Bertz CT molecular complexity index is 1350. The van der Waals surface area contributed by atoms with Crippen LogP contribution in [0.3, 0.4) is 0 Å². The molecule has 34 heavy (non-hydrogen) atoms. The summed E-state index contributed by atoms with van der Waals surface area (Å²) >= 11 is 0. The summed E-state index contributed by atoms with van der Waals surface area (Å²) in [5.74, 6) is 1.60. The van der Waals surface area contributed by atoms with Crippen molar-refractivity contribution in [2.24, 2.45) is 7.05 Å². The highest BCUT2D eigenvalue weighted by Crippen LogP contribution is 2.35. The fourth-order valence-electron chi connectivity index (χ4n) is 4.31. The molecule has 1 aliphatic heterocycles. The number of ether oxygens (including phenoxy) is 3. The van der Waals surface area contributed by atoms with Crippen molar-refractivity contribution in [2.75, 3.05) is 32.2 Å². The summed E-state index contributed by atoms with van der Waals surface area (Å²) in [6, 6.07) is 7.04. The second-order valence-corrected chi connectivity index (χ2v) is 8.18. The van der Waals surface area contributed by atoms with Crippen molar-refractivity contribution in [1.82, 2.24) is 19.7 Å². The summed E-state index contributed by atoms with van der Waals surface area (Å²) in [4.78, 5) is 9.13. The lowest BCUT2D eigenvalue weighted by Crippen LogP contribution is -2.08. The Hall–Kier alpha value is -3.72. The molecule has 0 saturated heterocycles. The lowest BCUT2D eigenvalue weighted by molar-refractivity contribution is 0.144. The van der Waals surface area contributed by atoms with E-state index in [-0.39, 0.29) is 12.4 Å². The van der Waals surface area contributed by atoms with Crippen LogP contribution in [-0.4, -0.2) is 46.7 Å². The molecular formula is C25H26FN5O3. The number of fused-ring (bicyclic) bond motifs is 2. The second kappa shape index (κ2) is 9.26. The molecular weight excluding hydrogens is 437 g/mol. The fourth-order valence-corrected chi connectivity index (χ4v) is 4.31. The molecule has 8 nitrogen and oxygen atoms in total. The lowest BCUT2D eigenvalue weighted by atomic mass is 10.0. The Morgan fingerprint density at radius 3 is 2.82 bits per heavy atom. The van der Waals surface area contributed by atoms with E-state index in [2.05, 4.69) is 20.4 Å². The van der Waals surface area contributed by atoms with Crippen LogP contribution in [0.4, 0.5) is 10.2 Å². The maximum atomic E-state index is 14.6. The quantitative estimate of drug-likeness (QED) is 0.395. The number of aryl methyl sites for hydroxylation is 2. The zero-order chi connectivity index (χ0) is 23.7. The predicted molar refractivity (Wildman–Crippen MR) is 127 cm³/mol. The number of rotatable bonds is 8. The Labute approximate surface area is 196 Å². The van der Waals surface area contributed by atoms with Gasteiger partial charge < -0.3 is 19.5 Å². The molecule has 0 atom stereocenters. The molecule has 0 saturated carbocycles. The van der Waals surface area contributed by atoms with Crippen LogP contribution in [0.25, 0.3) is 22.0 Å². The van der Waals surface area contributed by atoms with Crippen LogP contribution >= 0.6 is 0 Å². The van der Waals surface area contributed by atoms with E-state index in [1.165, 1.54) is 6.07 Å². The maximum absolute atomic E-state index is 14.6. The number of hydrogen-bond acceptors (Lipinski definition) is 7. The van der Waals surface area contributed by atoms with Gasteiger partial charge in [-0.3, -0.25) is 4.68 Å². The molecule has 4 heterocycles. The molecule has 0 unspecified atom stereocenters. The molecule has 9 heteroatoms. The minimum Gasteiger partial charge on any atom is -0.493 e. The summed E-state index contributed by atoms with van der Waals surface area (Å²) in [5, 5.41) is 9.50. The monoisotopic (exact) mass is 463 g/mol. The Morgan fingerprint density at radius 2 is 2.03 bits per heavy atom. The summed E-state index contributed by atoms with van der Waals surface area (Å²) in [6.45, 7) is 3.67. The fraction of sp³-hybridized carbons (Fsp3) is 0.320. The highest BCUT2D eigenvalue weighted by Gasteiger charge is 2.20. The number of pyridine rings is 2. The van der Waals surface area contributed by atoms with Gasteiger partial charge in [0.2, 0.25) is 5.88 Å². The van der Waals surface area contributed by atoms with Crippen molar-refractivity contribution in [3.8, 4) is 22.9 Å². The van der Waals surface area contributed by atoms with Crippen LogP contribution in [0.1, 0.15) is 16.8 Å². The van der Waals surface area contributed by atoms with Crippen molar-refractivity contribution < 1.29 is 18.6 Å². The first kappa shape index (κ1) is 22.1. The molecule has 4 aromatic rings. The molecule has 0 amide bonds. The SMILES string of the molecule is COCCOc1cc2c(-c3cc(C)nn3C)cnc(NCc3c(F)ccc4c3CCO4)c2cn1. The zero-order valence-corrected chi connectivity index (χ0v) is 19.4. The van der Waals surface area contributed by atoms with Gasteiger partial charge in [-0.1, -0.05) is 0 Å². The molecule has 0 radical (unpaired) electrons. The first-order chi connectivity index (χ1) is 16.5. The van der Waals surface area contributed by atoms with Crippen LogP contribution in [0, 0.1) is 12.7 Å². The molecule has 176 valence electrons. The van der Waals surface area contributed by atoms with Crippen molar-refractivity contribution in [3.63, 3.8) is 0 Å². The summed E-state index contributed by atoms with van der Waals surface area (Å²) in [5.41, 5.74) is 4.26. The molecule has 1 aromatic carbocycles. The Morgan fingerprint density at radius 1 is 1.15 bits per heavy atom. The average molecular weight is 464 g/mol. The molecule has 0 spiro atoms. The third-order valence-corrected chi connectivity index (χ3v) is 5.94. The van der Waals surface area contributed by atoms with E-state index in [4.69, 9.17) is 14.2 Å². The van der Waals surface area contributed by atoms with Crippen LogP contribution in [0.5, 0.6) is 11.6 Å². The van der Waals surface area contributed by atoms with Gasteiger partial charge in [0, 0.05) is 73.0 Å². The van der Waals surface area contributed by atoms with Crippen molar-refractivity contribution >= 4 is 16.6 Å². The summed E-state index contributed by atoms with van der Waals surface area (Å²) in [6.07, 6.45) is 4.23. The van der Waals surface area contributed by atoms with E-state index < -0.39 is 0 Å². The van der Waals surface area contributed by atoms with Gasteiger partial charge in [-0.15, -0.1) is 0 Å². The van der Waals surface area contributed by atoms with Gasteiger partial charge in [0.15, 0.2) is 0 Å². The van der Waals surface area contributed by atoms with Gasteiger partial charge in [-0.05, 0) is 25.1 Å². The van der Waals surface area contributed by atoms with E-state index in [1.54, 1.807) is 25.6 Å². The summed E-state index contributed by atoms with van der Waals surface area (Å²) < 4.78 is 32.9. The number of halogens is 1. The van der Waals surface area contributed by atoms with Gasteiger partial charge in [-0.2, -0.15) is 5.10 Å². The molecule has 0 bridgehead atoms. The highest BCUT2D eigenvalue weighted by molar-refractivity contribution is 6.01. The predicted octanol–water partition coefficient (Wildman–Crippen LogP) is 4.05. The molecule has 0 fully saturated rings. The lowest BCUT2D eigenvalue weighted by Gasteiger charge is -2.15. The maximum Gasteiger partial charge on any atom is 0.213 e. The topological polar surface area (TPSA) is 83.3 Å². The van der Waals surface area contributed by atoms with Gasteiger partial charge >= 0.3 is 0 Å². The van der Waals surface area contributed by atoms with Crippen LogP contribution in [0.2, 0.25) is 0 Å². The molecule has 5 rings (SSSR count). The van der Waals surface area contributed by atoms with Gasteiger partial charge in [-0.25, -0.2) is 14.4 Å². The Balaban J connectivity index is 1.54. The summed E-state index contributed by atoms with van der Waals surface area (Å²) in [7, 11) is 3.53. The third kappa shape index (κ3) is 4.14. The van der Waals surface area contributed by atoms with Crippen molar-refractivity contribution in [1.29, 1.82) is 0 Å². The van der Waals surface area contributed by atoms with Crippen LogP contribution < -0.4 is 14.8 Å². The van der Waals surface area contributed by atoms with E-state index in [9.17, 15) is 4.39 Å². The largest absolute Gasteiger partial charge is 0.493 e. The molecule has 1 N–H and O–H groups in total. The zero-order valence-electron chi connectivity index (χ0n) is 19.4. The standard InChI is InChI=1S/C25H26FN5O3/c1-15-10-22(31(2)30-15)19-13-29-25(20-14-27-24(11-17(19)20)34-9-8-32-3)28-12-18-16-6-7-33-23(16)5-4-21(18)26/h4-5,10-11,13-14H,6-9,12H2,1-3H3,(H,28,29). The molecule has 1 aliphatic rings. The number of hydrogen-bond donors (Lipinski definition) is 1. The van der Waals surface area contributed by atoms with Crippen molar-refractivity contribution in [3.05, 3.63) is 59.3 Å². The van der Waals surface area contributed by atoms with Crippen LogP contribution in [0.15, 0.2) is 36.7 Å². The van der Waals surface area contributed by atoms with Gasteiger partial charge in [0.1, 0.15) is 24.0 Å². The number of methoxy groups -OCH3 is 1. The number of aromatic nitrogens is 4. The second-order valence-electron chi connectivity index (χ2n) is 8.18. The Kier molecular flexibility index (Phi) is 6.02. The molecule has 0 aliphatic carbocycles. The van der Waals surface area contributed by atoms with E-state index in [1.807, 2.05) is 30.8 Å². The average Bonchev–Trinajstić information content (AvgIpc) is 3.44. The number of nitrogens with one attached hydrogen (secondary N) is 1. The first-order valence-electron chi connectivity index (χ1n) is 11.1. The number of benzene rings is 1. The van der Waals surface area contributed by atoms with Gasteiger partial charge in [0.05, 0.1) is 24.6 Å². The van der Waals surface area contributed by atoms with Crippen LogP contribution in [-0.2, 0) is 24.8 Å². The van der Waals surface area contributed by atoms with E-state index in [0.717, 1.165) is 39.0 Å². The van der Waals surface area contributed by atoms with E-state index in [0.29, 0.717) is 43.5 Å². The third-order valence-electron chi connectivity index (χ3n) is 5.94. The minimum absolute atomic E-state index is 0.255. The molecule has 3 aromatic heterocycles. The highest BCUT2D eigenvalue weighted by atomic mass is 19.1.